The van der Waals surface area contributed by atoms with E-state index in [1.807, 2.05) is 6.20 Å². The molecule has 0 spiro atoms. The number of hydrogen-bond donors (Lipinski definition) is 1. The molecule has 0 unspecified atom stereocenters. The van der Waals surface area contributed by atoms with Crippen molar-refractivity contribution in [3.63, 3.8) is 0 Å². The fraction of sp³-hybridized carbons (Fsp3) is 0.750. The second-order valence-corrected chi connectivity index (χ2v) is 5.82. The minimum absolute atomic E-state index is 0.916. The molecule has 0 atom stereocenters. The van der Waals surface area contributed by atoms with E-state index >= 15 is 0 Å². The summed E-state index contributed by atoms with van der Waals surface area (Å²) in [5, 5.41) is 4.76. The molecular formula is C12H20N2S. The van der Waals surface area contributed by atoms with Crippen molar-refractivity contribution in [3.05, 3.63) is 16.1 Å². The molecule has 2 rings (SSSR count). The van der Waals surface area contributed by atoms with Gasteiger partial charge >= 0.3 is 0 Å². The normalized spacial score (nSPS) is 18.2. The molecule has 1 aliphatic carbocycles. The van der Waals surface area contributed by atoms with E-state index in [0.29, 0.717) is 0 Å². The van der Waals surface area contributed by atoms with E-state index in [1.54, 1.807) is 11.3 Å². The van der Waals surface area contributed by atoms with Gasteiger partial charge < -0.3 is 5.32 Å². The van der Waals surface area contributed by atoms with Gasteiger partial charge in [-0.1, -0.05) is 19.3 Å². The van der Waals surface area contributed by atoms with Gasteiger partial charge in [-0.3, -0.25) is 0 Å². The van der Waals surface area contributed by atoms with Crippen molar-refractivity contribution in [1.29, 1.82) is 0 Å². The molecule has 0 saturated heterocycles. The summed E-state index contributed by atoms with van der Waals surface area (Å²) in [6.07, 6.45) is 9.11. The van der Waals surface area contributed by atoms with Crippen LogP contribution in [0.15, 0.2) is 6.20 Å². The van der Waals surface area contributed by atoms with Crippen LogP contribution in [0.2, 0.25) is 0 Å². The lowest BCUT2D eigenvalue weighted by Crippen LogP contribution is -2.24. The molecule has 1 saturated carbocycles. The van der Waals surface area contributed by atoms with Gasteiger partial charge in [-0.05, 0) is 32.2 Å². The van der Waals surface area contributed by atoms with Crippen LogP contribution in [0.4, 0.5) is 0 Å². The van der Waals surface area contributed by atoms with E-state index in [0.717, 1.165) is 12.5 Å². The van der Waals surface area contributed by atoms with E-state index in [4.69, 9.17) is 0 Å². The summed E-state index contributed by atoms with van der Waals surface area (Å²) in [5.74, 6) is 0.916. The molecule has 1 aromatic heterocycles. The van der Waals surface area contributed by atoms with Crippen molar-refractivity contribution < 1.29 is 0 Å². The summed E-state index contributed by atoms with van der Waals surface area (Å²) in [5.41, 5.74) is 0. The number of rotatable bonds is 4. The van der Waals surface area contributed by atoms with E-state index in [1.165, 1.54) is 48.5 Å². The predicted octanol–water partition coefficient (Wildman–Crippen LogP) is 3.12. The highest BCUT2D eigenvalue weighted by Gasteiger charge is 2.12. The number of aromatic nitrogens is 1. The molecule has 0 bridgehead atoms. The first kappa shape index (κ1) is 11.1. The number of hydrogen-bond acceptors (Lipinski definition) is 3. The van der Waals surface area contributed by atoms with Crippen LogP contribution >= 0.6 is 11.3 Å². The maximum atomic E-state index is 4.35. The molecule has 1 N–H and O–H groups in total. The van der Waals surface area contributed by atoms with Crippen molar-refractivity contribution >= 4 is 11.3 Å². The lowest BCUT2D eigenvalue weighted by molar-refractivity contribution is 0.342. The van der Waals surface area contributed by atoms with Crippen LogP contribution in [0.5, 0.6) is 0 Å². The first-order chi connectivity index (χ1) is 7.34. The summed E-state index contributed by atoms with van der Waals surface area (Å²) >= 11 is 1.80. The highest BCUT2D eigenvalue weighted by atomic mass is 32.1. The SMILES string of the molecule is Cc1cnc(CNCC2CCCCC2)s1. The smallest absolute Gasteiger partial charge is 0.107 e. The van der Waals surface area contributed by atoms with Gasteiger partial charge in [0, 0.05) is 17.6 Å². The second kappa shape index (κ2) is 5.61. The highest BCUT2D eigenvalue weighted by Crippen LogP contribution is 2.22. The van der Waals surface area contributed by atoms with E-state index in [-0.39, 0.29) is 0 Å². The zero-order valence-electron chi connectivity index (χ0n) is 9.46. The molecule has 0 aliphatic heterocycles. The summed E-state index contributed by atoms with van der Waals surface area (Å²) in [6, 6.07) is 0. The average molecular weight is 224 g/mol. The largest absolute Gasteiger partial charge is 0.310 e. The van der Waals surface area contributed by atoms with E-state index < -0.39 is 0 Å². The maximum Gasteiger partial charge on any atom is 0.107 e. The minimum Gasteiger partial charge on any atom is -0.310 e. The van der Waals surface area contributed by atoms with Crippen molar-refractivity contribution in [2.45, 2.75) is 45.6 Å². The molecular weight excluding hydrogens is 204 g/mol. The molecule has 0 amide bonds. The standard InChI is InChI=1S/C12H20N2S/c1-10-7-14-12(15-10)9-13-8-11-5-3-2-4-6-11/h7,11,13H,2-6,8-9H2,1H3. The Morgan fingerprint density at radius 2 is 2.20 bits per heavy atom. The van der Waals surface area contributed by atoms with Crippen molar-refractivity contribution in [2.75, 3.05) is 6.54 Å². The Morgan fingerprint density at radius 3 is 2.87 bits per heavy atom. The van der Waals surface area contributed by atoms with Gasteiger partial charge in [0.15, 0.2) is 0 Å². The van der Waals surface area contributed by atoms with Gasteiger partial charge in [-0.25, -0.2) is 4.98 Å². The fourth-order valence-corrected chi connectivity index (χ4v) is 3.01. The van der Waals surface area contributed by atoms with Crippen LogP contribution in [0.25, 0.3) is 0 Å². The van der Waals surface area contributed by atoms with Crippen LogP contribution < -0.4 is 5.32 Å². The summed E-state index contributed by atoms with van der Waals surface area (Å²) in [4.78, 5) is 5.66. The van der Waals surface area contributed by atoms with E-state index in [9.17, 15) is 0 Å². The quantitative estimate of drug-likeness (QED) is 0.850. The molecule has 0 radical (unpaired) electrons. The molecule has 1 aromatic rings. The number of thiazole rings is 1. The predicted molar refractivity (Wildman–Crippen MR) is 65.1 cm³/mol. The monoisotopic (exact) mass is 224 g/mol. The van der Waals surface area contributed by atoms with Gasteiger partial charge in [0.05, 0.1) is 0 Å². The van der Waals surface area contributed by atoms with Crippen LogP contribution in [-0.4, -0.2) is 11.5 Å². The molecule has 3 heteroatoms. The van der Waals surface area contributed by atoms with Crippen LogP contribution in [0.1, 0.15) is 42.0 Å². The molecule has 1 fully saturated rings. The van der Waals surface area contributed by atoms with Gasteiger partial charge in [0.1, 0.15) is 5.01 Å². The summed E-state index contributed by atoms with van der Waals surface area (Å²) in [7, 11) is 0. The molecule has 0 aromatic carbocycles. The Bertz CT molecular complexity index is 290. The zero-order valence-corrected chi connectivity index (χ0v) is 10.3. The summed E-state index contributed by atoms with van der Waals surface area (Å²) < 4.78 is 0. The lowest BCUT2D eigenvalue weighted by atomic mass is 9.89. The average Bonchev–Trinajstić information content (AvgIpc) is 2.66. The number of nitrogens with one attached hydrogen (secondary N) is 1. The minimum atomic E-state index is 0.916. The molecule has 1 aliphatic rings. The number of nitrogens with zero attached hydrogens (tertiary/aromatic N) is 1. The van der Waals surface area contributed by atoms with Crippen LogP contribution in [0, 0.1) is 12.8 Å². The third-order valence-corrected chi connectivity index (χ3v) is 4.02. The first-order valence-corrected chi connectivity index (χ1v) is 6.78. The third kappa shape index (κ3) is 3.58. The topological polar surface area (TPSA) is 24.9 Å². The van der Waals surface area contributed by atoms with Gasteiger partial charge in [0.2, 0.25) is 0 Å². The van der Waals surface area contributed by atoms with Crippen molar-refractivity contribution in [1.82, 2.24) is 10.3 Å². The Morgan fingerprint density at radius 1 is 1.40 bits per heavy atom. The Labute approximate surface area is 96.1 Å². The van der Waals surface area contributed by atoms with Crippen LogP contribution in [-0.2, 0) is 6.54 Å². The maximum absolute atomic E-state index is 4.35. The molecule has 1 heterocycles. The lowest BCUT2D eigenvalue weighted by Gasteiger charge is -2.21. The Kier molecular flexibility index (Phi) is 4.15. The van der Waals surface area contributed by atoms with Gasteiger partial charge in [-0.15, -0.1) is 11.3 Å². The molecule has 2 nitrogen and oxygen atoms in total. The Hall–Kier alpha value is -0.410. The third-order valence-electron chi connectivity index (χ3n) is 3.10. The highest BCUT2D eigenvalue weighted by molar-refractivity contribution is 7.11. The number of aryl methyl sites for hydroxylation is 1. The van der Waals surface area contributed by atoms with Crippen molar-refractivity contribution in [3.8, 4) is 0 Å². The second-order valence-electron chi connectivity index (χ2n) is 4.50. The zero-order chi connectivity index (χ0) is 10.5. The van der Waals surface area contributed by atoms with Gasteiger partial charge in [-0.2, -0.15) is 0 Å². The molecule has 84 valence electrons. The van der Waals surface area contributed by atoms with E-state index in [2.05, 4.69) is 17.2 Å². The summed E-state index contributed by atoms with van der Waals surface area (Å²) in [6.45, 7) is 4.25. The first-order valence-electron chi connectivity index (χ1n) is 5.96. The Balaban J connectivity index is 1.65. The molecule has 15 heavy (non-hydrogen) atoms. The fourth-order valence-electron chi connectivity index (χ4n) is 2.26. The van der Waals surface area contributed by atoms with Crippen LogP contribution in [0.3, 0.4) is 0 Å². The van der Waals surface area contributed by atoms with Crippen molar-refractivity contribution in [2.24, 2.45) is 5.92 Å². The van der Waals surface area contributed by atoms with Gasteiger partial charge in [0.25, 0.3) is 0 Å².